The van der Waals surface area contributed by atoms with Gasteiger partial charge >= 0.3 is 12.2 Å². The third-order valence-electron chi connectivity index (χ3n) is 15.2. The van der Waals surface area contributed by atoms with Crippen LogP contribution in [0.4, 0.5) is 9.59 Å². The molecular formula is C65H95ClN6O8S2. The van der Waals surface area contributed by atoms with Crippen molar-refractivity contribution in [3.8, 4) is 0 Å². The Labute approximate surface area is 503 Å². The maximum atomic E-state index is 13.4. The number of aliphatic hydroxyl groups is 2. The first-order valence-corrected chi connectivity index (χ1v) is 31.7. The number of alkyl carbamates (subject to hydrolysis) is 2. The second-order valence-electron chi connectivity index (χ2n) is 24.2. The Balaban J connectivity index is 0.000000248. The van der Waals surface area contributed by atoms with Crippen molar-refractivity contribution in [3.05, 3.63) is 132 Å². The summed E-state index contributed by atoms with van der Waals surface area (Å²) in [5, 5.41) is 36.9. The second-order valence-corrected chi connectivity index (χ2v) is 26.6. The summed E-state index contributed by atoms with van der Waals surface area (Å²) in [6, 6.07) is 37.4. The molecule has 4 aliphatic rings. The van der Waals surface area contributed by atoms with E-state index in [1.165, 1.54) is 63.1 Å². The molecule has 4 aromatic carbocycles. The lowest BCUT2D eigenvalue weighted by Crippen LogP contribution is -2.60. The van der Waals surface area contributed by atoms with Crippen molar-refractivity contribution in [1.29, 1.82) is 0 Å². The lowest BCUT2D eigenvalue weighted by atomic mass is 9.72. The average Bonchev–Trinajstić information content (AvgIpc) is 3.51. The molecule has 82 heavy (non-hydrogen) atoms. The Bertz CT molecular complexity index is 2480. The van der Waals surface area contributed by atoms with Crippen LogP contribution in [0.1, 0.15) is 124 Å². The summed E-state index contributed by atoms with van der Waals surface area (Å²) in [5.41, 5.74) is 1.35. The van der Waals surface area contributed by atoms with Gasteiger partial charge < -0.3 is 46.3 Å². The predicted octanol–water partition coefficient (Wildman–Crippen LogP) is 11.6. The van der Waals surface area contributed by atoms with Gasteiger partial charge in [-0.1, -0.05) is 143 Å². The fourth-order valence-corrected chi connectivity index (χ4v) is 13.3. The van der Waals surface area contributed by atoms with Crippen molar-refractivity contribution in [3.63, 3.8) is 0 Å². The van der Waals surface area contributed by atoms with Crippen LogP contribution in [0.3, 0.4) is 0 Å². The zero-order chi connectivity index (χ0) is 58.2. The first-order valence-electron chi connectivity index (χ1n) is 29.2. The fourth-order valence-electron chi connectivity index (χ4n) is 11.0. The Kier molecular flexibility index (Phi) is 28.9. The van der Waals surface area contributed by atoms with Crippen molar-refractivity contribution in [2.24, 2.45) is 23.7 Å². The van der Waals surface area contributed by atoms with Crippen LogP contribution in [0.2, 0.25) is 0 Å². The monoisotopic (exact) mass is 1190 g/mol. The van der Waals surface area contributed by atoms with Gasteiger partial charge in [-0.3, -0.25) is 14.5 Å². The minimum atomic E-state index is -0.870. The first kappa shape index (κ1) is 68.0. The molecule has 0 unspecified atom stereocenters. The van der Waals surface area contributed by atoms with Crippen LogP contribution in [0, 0.1) is 23.7 Å². The number of nitrogens with zero attached hydrogens (tertiary/aromatic N) is 1. The number of rotatable bonds is 19. The zero-order valence-electron chi connectivity index (χ0n) is 48.5. The molecule has 2 aliphatic heterocycles. The second kappa shape index (κ2) is 34.8. The van der Waals surface area contributed by atoms with E-state index in [1.54, 1.807) is 11.8 Å². The van der Waals surface area contributed by atoms with E-state index in [0.29, 0.717) is 29.9 Å². The normalized spacial score (nSPS) is 22.1. The SMILES string of the molecule is C.CC(C)(C)NC(=O)[C@@H]1C[C@@H]2CCCC[C@@H]2CN1.CC(C)(C)NC(=O)[C@@H]1C[C@@H]2CCCC[C@@H]2CN1C[C@@H](O)[C@H](CSc1ccccc1)NC(=O)OCc1ccccc1.O=C(N[C@@H](CSc1ccccc1)[C@H](O)CCl)OCc1ccccc1. The van der Waals surface area contributed by atoms with Gasteiger partial charge in [0.1, 0.15) is 13.2 Å². The van der Waals surface area contributed by atoms with Gasteiger partial charge in [-0.2, -0.15) is 0 Å². The van der Waals surface area contributed by atoms with Crippen LogP contribution >= 0.6 is 35.1 Å². The smallest absolute Gasteiger partial charge is 0.407 e. The van der Waals surface area contributed by atoms with Crippen molar-refractivity contribution >= 4 is 59.1 Å². The summed E-state index contributed by atoms with van der Waals surface area (Å²) in [7, 11) is 0. The molecule has 2 saturated carbocycles. The molecule has 8 rings (SSSR count). The van der Waals surface area contributed by atoms with Crippen molar-refractivity contribution in [1.82, 2.24) is 31.5 Å². The molecule has 0 bridgehead atoms. The van der Waals surface area contributed by atoms with E-state index in [1.807, 2.05) is 163 Å². The number of piperidine rings is 2. The average molecular weight is 1190 g/mol. The number of benzene rings is 4. The molecule has 4 aromatic rings. The number of carbonyl (C=O) groups excluding carboxylic acids is 4. The van der Waals surface area contributed by atoms with E-state index < -0.39 is 36.5 Å². The lowest BCUT2D eigenvalue weighted by Gasteiger charge is -2.47. The Morgan fingerprint density at radius 1 is 0.598 bits per heavy atom. The van der Waals surface area contributed by atoms with Crippen LogP contribution in [-0.2, 0) is 32.3 Å². The molecule has 7 N–H and O–H groups in total. The summed E-state index contributed by atoms with van der Waals surface area (Å²) >= 11 is 8.85. The Morgan fingerprint density at radius 3 is 1.48 bits per heavy atom. The van der Waals surface area contributed by atoms with Crippen LogP contribution in [0.15, 0.2) is 131 Å². The first-order chi connectivity index (χ1) is 38.8. The molecule has 4 fully saturated rings. The summed E-state index contributed by atoms with van der Waals surface area (Å²) in [6.07, 6.45) is 9.21. The lowest BCUT2D eigenvalue weighted by molar-refractivity contribution is -0.132. The minimum Gasteiger partial charge on any atom is -0.445 e. The summed E-state index contributed by atoms with van der Waals surface area (Å²) in [6.45, 7) is 14.6. The zero-order valence-corrected chi connectivity index (χ0v) is 50.9. The number of fused-ring (bicyclic) bond motifs is 2. The molecule has 0 radical (unpaired) electrons. The largest absolute Gasteiger partial charge is 0.445 e. The number of alkyl halides is 1. The van der Waals surface area contributed by atoms with Crippen molar-refractivity contribution < 1.29 is 38.9 Å². The molecule has 0 aromatic heterocycles. The number of β-amino-alcohol motifs (C(OH)–C–C–N with tert-alkyl or cyclic N) is 1. The number of halogens is 1. The van der Waals surface area contributed by atoms with Gasteiger partial charge in [0, 0.05) is 45.5 Å². The summed E-state index contributed by atoms with van der Waals surface area (Å²) in [5.74, 6) is 3.91. The van der Waals surface area contributed by atoms with E-state index in [4.69, 9.17) is 21.1 Å². The van der Waals surface area contributed by atoms with Gasteiger partial charge in [-0.05, 0) is 133 Å². The van der Waals surface area contributed by atoms with E-state index >= 15 is 0 Å². The molecule has 4 amide bonds. The van der Waals surface area contributed by atoms with Crippen molar-refractivity contribution in [2.45, 2.75) is 184 Å². The molecule has 14 nitrogen and oxygen atoms in total. The molecule has 2 aliphatic carbocycles. The Morgan fingerprint density at radius 2 is 1.01 bits per heavy atom. The van der Waals surface area contributed by atoms with Gasteiger partial charge in [0.25, 0.3) is 0 Å². The highest BCUT2D eigenvalue weighted by Crippen LogP contribution is 2.39. The quantitative estimate of drug-likeness (QED) is 0.0348. The number of ether oxygens (including phenoxy) is 2. The molecule has 10 atom stereocenters. The van der Waals surface area contributed by atoms with Gasteiger partial charge in [0.2, 0.25) is 11.8 Å². The number of likely N-dealkylation sites (tertiary alicyclic amines) is 1. The van der Waals surface area contributed by atoms with Crippen LogP contribution in [0.25, 0.3) is 0 Å². The standard InChI is InChI=1S/C32H45N3O4S.C18H20ClNO3S.C14H26N2O.CH4/c1-32(2,3)34-30(37)28-18-24-14-10-11-15-25(24)19-35(28)20-29(36)27(22-40-26-16-8-5-9-17-26)33-31(38)39-21-23-12-6-4-7-13-23;19-11-17(21)16(13-24-15-9-5-2-6-10-15)20-18(22)23-12-14-7-3-1-4-8-14;1-14(2,3)16-13(17)12-8-10-6-4-5-7-11(10)9-15-12;/h4-9,12-13,16-17,24-25,27-29,36H,10-11,14-15,18-22H2,1-3H3,(H,33,38)(H,34,37);1-10,16-17,21H,11-13H2,(H,20,22);10-12,15H,4-9H2,1-3H3,(H,16,17);1H4/t24-,25+,27-,28-,29+;16-,17+;10-,11+,12-;/m000./s1. The topological polar surface area (TPSA) is 191 Å². The minimum absolute atomic E-state index is 0. The van der Waals surface area contributed by atoms with Gasteiger partial charge in [-0.25, -0.2) is 9.59 Å². The third-order valence-corrected chi connectivity index (χ3v) is 17.8. The van der Waals surface area contributed by atoms with Crippen LogP contribution in [-0.4, -0.2) is 124 Å². The van der Waals surface area contributed by atoms with E-state index in [-0.39, 0.29) is 61.5 Å². The van der Waals surface area contributed by atoms with Gasteiger partial charge in [0.05, 0.1) is 42.3 Å². The highest BCUT2D eigenvalue weighted by Gasteiger charge is 2.42. The number of thioether (sulfide) groups is 2. The highest BCUT2D eigenvalue weighted by atomic mass is 35.5. The highest BCUT2D eigenvalue weighted by molar-refractivity contribution is 7.99. The predicted molar refractivity (Wildman–Crippen MR) is 334 cm³/mol. The molecule has 0 spiro atoms. The number of hydrogen-bond acceptors (Lipinski definition) is 12. The maximum Gasteiger partial charge on any atom is 0.407 e. The number of amides is 4. The van der Waals surface area contributed by atoms with E-state index in [9.17, 15) is 29.4 Å². The number of carbonyl (C=O) groups is 4. The van der Waals surface area contributed by atoms with Gasteiger partial charge in [0.15, 0.2) is 0 Å². The van der Waals surface area contributed by atoms with E-state index in [0.717, 1.165) is 58.7 Å². The molecule has 2 heterocycles. The number of hydrogen-bond donors (Lipinski definition) is 7. The number of aliphatic hydroxyl groups excluding tert-OH is 2. The summed E-state index contributed by atoms with van der Waals surface area (Å²) < 4.78 is 10.7. The van der Waals surface area contributed by atoms with Crippen molar-refractivity contribution in [2.75, 3.05) is 37.0 Å². The van der Waals surface area contributed by atoms with Gasteiger partial charge in [-0.15, -0.1) is 35.1 Å². The molecular weight excluding hydrogens is 1090 g/mol. The summed E-state index contributed by atoms with van der Waals surface area (Å²) in [4.78, 5) is 54.6. The number of nitrogens with one attached hydrogen (secondary N) is 5. The van der Waals surface area contributed by atoms with Crippen LogP contribution < -0.4 is 26.6 Å². The third kappa shape index (κ3) is 24.4. The van der Waals surface area contributed by atoms with Crippen LogP contribution in [0.5, 0.6) is 0 Å². The molecule has 452 valence electrons. The fraction of sp³-hybridized carbons (Fsp3) is 0.569. The maximum absolute atomic E-state index is 13.4. The molecule has 2 saturated heterocycles. The van der Waals surface area contributed by atoms with E-state index in [2.05, 4.69) is 31.5 Å². The Hall–Kier alpha value is -4.81. The molecule has 17 heteroatoms.